The van der Waals surface area contributed by atoms with Crippen molar-refractivity contribution in [1.29, 1.82) is 0 Å². The Bertz CT molecular complexity index is 271. The minimum atomic E-state index is -0.0990. The van der Waals surface area contributed by atoms with Gasteiger partial charge in [0.05, 0.1) is 0 Å². The van der Waals surface area contributed by atoms with Crippen LogP contribution in [0.2, 0.25) is 0 Å². The van der Waals surface area contributed by atoms with Crippen LogP contribution in [0, 0.1) is 0 Å². The number of rotatable bonds is 1. The van der Waals surface area contributed by atoms with E-state index in [-0.39, 0.29) is 10.7 Å². The molecule has 0 saturated carbocycles. The summed E-state index contributed by atoms with van der Waals surface area (Å²) in [5, 5.41) is 0.845. The van der Waals surface area contributed by atoms with Gasteiger partial charge in [-0.05, 0) is 16.8 Å². The Hall–Kier alpha value is -0.810. The molecule has 0 amide bonds. The monoisotopic (exact) mass is 168 g/mol. The highest BCUT2D eigenvalue weighted by Crippen LogP contribution is 2.02. The zero-order chi connectivity index (χ0) is 7.52. The summed E-state index contributed by atoms with van der Waals surface area (Å²) in [4.78, 5) is 8.26. The van der Waals surface area contributed by atoms with Crippen molar-refractivity contribution in [3.63, 3.8) is 0 Å². The van der Waals surface area contributed by atoms with Gasteiger partial charge in [0.25, 0.3) is 0 Å². The lowest BCUT2D eigenvalue weighted by molar-refractivity contribution is 0.832. The lowest BCUT2D eigenvalue weighted by Gasteiger charge is -1.95. The van der Waals surface area contributed by atoms with Gasteiger partial charge in [-0.1, -0.05) is 0 Å². The van der Waals surface area contributed by atoms with E-state index in [9.17, 15) is 0 Å². The van der Waals surface area contributed by atoms with E-state index in [0.717, 1.165) is 17.5 Å². The second-order valence-electron chi connectivity index (χ2n) is 2.10. The van der Waals surface area contributed by atoms with Crippen molar-refractivity contribution < 1.29 is 0 Å². The Kier molecular flexibility index (Phi) is 1.91. The van der Waals surface area contributed by atoms with E-state index in [1.165, 1.54) is 0 Å². The Morgan fingerprint density at radius 1 is 1.36 bits per heavy atom. The fourth-order valence-corrected chi connectivity index (χ4v) is 2.10. The van der Waals surface area contributed by atoms with Crippen LogP contribution >= 0.6 is 0 Å². The molecule has 0 radical (unpaired) electrons. The maximum atomic E-state index is 4.16. The summed E-state index contributed by atoms with van der Waals surface area (Å²) in [5.74, 6) is 1.03. The first-order chi connectivity index (χ1) is 5.47. The van der Waals surface area contributed by atoms with Crippen molar-refractivity contribution in [3.8, 4) is 0 Å². The zero-order valence-corrected chi connectivity index (χ0v) is 6.71. The predicted octanol–water partition coefficient (Wildman–Crippen LogP) is 0.156. The quantitative estimate of drug-likeness (QED) is 0.607. The summed E-state index contributed by atoms with van der Waals surface area (Å²) in [7, 11) is -0.0990. The number of nitrogens with zero attached hydrogens (tertiary/aromatic N) is 3. The third-order valence-electron chi connectivity index (χ3n) is 1.33. The summed E-state index contributed by atoms with van der Waals surface area (Å²) >= 11 is 0. The van der Waals surface area contributed by atoms with E-state index in [2.05, 4.69) is 19.9 Å². The van der Waals surface area contributed by atoms with Crippen LogP contribution in [0.25, 0.3) is 0 Å². The fraction of sp³-hybridized carbons (Fsp3) is 0.333. The summed E-state index contributed by atoms with van der Waals surface area (Å²) < 4.78 is 4.16. The van der Waals surface area contributed by atoms with Gasteiger partial charge in [0.1, 0.15) is 0 Å². The third-order valence-corrected chi connectivity index (χ3v) is 2.91. The van der Waals surface area contributed by atoms with E-state index in [1.54, 1.807) is 12.4 Å². The number of hydrogen-bond acceptors (Lipinski definition) is 4. The molecule has 2 heterocycles. The van der Waals surface area contributed by atoms with Crippen molar-refractivity contribution in [1.82, 2.24) is 15.4 Å². The summed E-state index contributed by atoms with van der Waals surface area (Å²) in [5.41, 5.74) is 2.93. The van der Waals surface area contributed by atoms with Crippen LogP contribution in [-0.2, 0) is 10.7 Å². The molecule has 1 unspecified atom stereocenters. The van der Waals surface area contributed by atoms with E-state index < -0.39 is 0 Å². The Morgan fingerprint density at radius 2 is 2.18 bits per heavy atom. The van der Waals surface area contributed by atoms with Crippen molar-refractivity contribution in [2.45, 2.75) is 5.16 Å². The molecule has 0 fully saturated rings. The largest absolute Gasteiger partial charge is 0.230 e. The summed E-state index contributed by atoms with van der Waals surface area (Å²) in [6.07, 6.45) is 3.51. The zero-order valence-electron chi connectivity index (χ0n) is 5.90. The molecule has 0 aliphatic carbocycles. The minimum absolute atomic E-state index is 0.0990. The van der Waals surface area contributed by atoms with Gasteiger partial charge in [0.15, 0.2) is 5.16 Å². The van der Waals surface area contributed by atoms with Gasteiger partial charge in [-0.15, -0.1) is 0 Å². The van der Waals surface area contributed by atoms with Crippen molar-refractivity contribution in [3.05, 3.63) is 18.5 Å². The molecule has 0 bridgehead atoms. The molecule has 0 saturated heterocycles. The molecule has 11 heavy (non-hydrogen) atoms. The highest BCUT2D eigenvalue weighted by molar-refractivity contribution is 7.87. The molecule has 1 N–H and O–H groups in total. The molecule has 0 aromatic carbocycles. The predicted molar refractivity (Wildman–Crippen MR) is 43.0 cm³/mol. The molecule has 1 aliphatic heterocycles. The average molecular weight is 168 g/mol. The smallest absolute Gasteiger partial charge is 0.199 e. The molecule has 58 valence electrons. The van der Waals surface area contributed by atoms with E-state index in [0.29, 0.717) is 0 Å². The molecule has 1 aromatic rings. The Labute approximate surface area is 67.1 Å². The fourth-order valence-electron chi connectivity index (χ4n) is 0.851. The molecule has 5 heteroatoms. The first kappa shape index (κ1) is 6.87. The standard InChI is InChI=1S/C6H8N4S/c1-2-7-6(8-3-1)11-5-4-9-10-11/h1-3,9H,4-5H2. The van der Waals surface area contributed by atoms with Crippen molar-refractivity contribution in [2.75, 3.05) is 12.3 Å². The van der Waals surface area contributed by atoms with Gasteiger partial charge in [0, 0.05) is 24.7 Å². The van der Waals surface area contributed by atoms with Crippen LogP contribution < -0.4 is 5.43 Å². The Morgan fingerprint density at radius 3 is 2.82 bits per heavy atom. The molecule has 4 nitrogen and oxygen atoms in total. The lowest BCUT2D eigenvalue weighted by Crippen LogP contribution is -2.02. The first-order valence-corrected chi connectivity index (χ1v) is 4.73. The second kappa shape index (κ2) is 3.06. The first-order valence-electron chi connectivity index (χ1n) is 3.38. The molecule has 2 rings (SSSR count). The number of hydrogen-bond donors (Lipinski definition) is 1. The van der Waals surface area contributed by atoms with Crippen LogP contribution in [0.3, 0.4) is 0 Å². The normalized spacial score (nSPS) is 23.1. The molecule has 1 atom stereocenters. The van der Waals surface area contributed by atoms with Gasteiger partial charge in [-0.3, -0.25) is 0 Å². The molecule has 1 aliphatic rings. The van der Waals surface area contributed by atoms with Gasteiger partial charge in [0.2, 0.25) is 0 Å². The topological polar surface area (TPSA) is 50.2 Å². The highest BCUT2D eigenvalue weighted by Gasteiger charge is 2.08. The molecular formula is C6H8N4S. The van der Waals surface area contributed by atoms with Crippen LogP contribution in [0.5, 0.6) is 0 Å². The van der Waals surface area contributed by atoms with Crippen molar-refractivity contribution >= 4 is 10.7 Å². The maximum Gasteiger partial charge on any atom is 0.199 e. The SMILES string of the molecule is c1cnc(S2=NNCC2)nc1. The Balaban J connectivity index is 2.29. The molecule has 0 spiro atoms. The van der Waals surface area contributed by atoms with Crippen LogP contribution in [0.15, 0.2) is 28.1 Å². The minimum Gasteiger partial charge on any atom is -0.230 e. The number of nitrogens with one attached hydrogen (secondary N) is 1. The van der Waals surface area contributed by atoms with E-state index in [4.69, 9.17) is 0 Å². The summed E-state index contributed by atoms with van der Waals surface area (Å²) in [6.45, 7) is 0.946. The maximum absolute atomic E-state index is 4.16. The lowest BCUT2D eigenvalue weighted by atomic mass is 10.7. The van der Waals surface area contributed by atoms with Gasteiger partial charge < -0.3 is 0 Å². The third kappa shape index (κ3) is 1.44. The second-order valence-corrected chi connectivity index (χ2v) is 3.79. The van der Waals surface area contributed by atoms with E-state index in [1.807, 2.05) is 6.07 Å². The molecular weight excluding hydrogens is 160 g/mol. The number of aromatic nitrogens is 2. The van der Waals surface area contributed by atoms with Gasteiger partial charge >= 0.3 is 0 Å². The van der Waals surface area contributed by atoms with E-state index >= 15 is 0 Å². The summed E-state index contributed by atoms with van der Waals surface area (Å²) in [6, 6.07) is 1.82. The van der Waals surface area contributed by atoms with Crippen molar-refractivity contribution in [2.24, 2.45) is 4.47 Å². The van der Waals surface area contributed by atoms with Crippen LogP contribution in [0.1, 0.15) is 0 Å². The average Bonchev–Trinajstić information content (AvgIpc) is 2.58. The van der Waals surface area contributed by atoms with Crippen LogP contribution in [0.4, 0.5) is 0 Å². The molecule has 1 aromatic heterocycles. The van der Waals surface area contributed by atoms with Crippen LogP contribution in [-0.4, -0.2) is 22.3 Å². The highest BCUT2D eigenvalue weighted by atomic mass is 32.2. The van der Waals surface area contributed by atoms with Gasteiger partial charge in [-0.25, -0.2) is 15.4 Å². The van der Waals surface area contributed by atoms with Gasteiger partial charge in [-0.2, -0.15) is 4.47 Å².